The molecule has 0 aliphatic carbocycles. The van der Waals surface area contributed by atoms with E-state index in [0.29, 0.717) is 6.61 Å². The van der Waals surface area contributed by atoms with Gasteiger partial charge in [0.1, 0.15) is 0 Å². The lowest BCUT2D eigenvalue weighted by Crippen LogP contribution is -2.17. The van der Waals surface area contributed by atoms with Gasteiger partial charge in [0.25, 0.3) is 0 Å². The minimum absolute atomic E-state index is 0.0206. The first-order valence-corrected chi connectivity index (χ1v) is 5.74. The van der Waals surface area contributed by atoms with Gasteiger partial charge in [-0.3, -0.25) is 0 Å². The number of hydrogen-bond donors (Lipinski definition) is 1. The molecule has 0 bridgehead atoms. The zero-order valence-electron chi connectivity index (χ0n) is 9.04. The molecule has 80 valence electrons. The van der Waals surface area contributed by atoms with Gasteiger partial charge in [-0.15, -0.1) is 11.3 Å². The van der Waals surface area contributed by atoms with E-state index in [-0.39, 0.29) is 6.04 Å². The molecule has 14 heavy (non-hydrogen) atoms. The van der Waals surface area contributed by atoms with Crippen LogP contribution >= 0.6 is 11.3 Å². The van der Waals surface area contributed by atoms with E-state index in [4.69, 9.17) is 10.5 Å². The molecule has 0 aliphatic heterocycles. The molecule has 0 saturated carbocycles. The van der Waals surface area contributed by atoms with E-state index in [0.717, 1.165) is 28.6 Å². The number of ether oxygens (including phenoxy) is 1. The summed E-state index contributed by atoms with van der Waals surface area (Å²) in [6, 6.07) is -0.0206. The predicted octanol–water partition coefficient (Wildman–Crippen LogP) is 2.19. The van der Waals surface area contributed by atoms with Crippen molar-refractivity contribution in [2.75, 3.05) is 13.2 Å². The van der Waals surface area contributed by atoms with Crippen LogP contribution in [0, 0.1) is 13.8 Å². The molecule has 0 fully saturated rings. The van der Waals surface area contributed by atoms with Gasteiger partial charge in [0, 0.05) is 11.5 Å². The van der Waals surface area contributed by atoms with Crippen molar-refractivity contribution in [2.24, 2.45) is 5.73 Å². The fourth-order valence-electron chi connectivity index (χ4n) is 1.32. The van der Waals surface area contributed by atoms with Crippen molar-refractivity contribution in [2.45, 2.75) is 33.2 Å². The summed E-state index contributed by atoms with van der Waals surface area (Å²) in [5.41, 5.74) is 7.04. The molecule has 0 amide bonds. The highest BCUT2D eigenvalue weighted by molar-refractivity contribution is 7.11. The van der Waals surface area contributed by atoms with Crippen LogP contribution in [-0.2, 0) is 4.74 Å². The molecular formula is C10H18N2OS. The van der Waals surface area contributed by atoms with Crippen LogP contribution in [0.3, 0.4) is 0 Å². The van der Waals surface area contributed by atoms with E-state index >= 15 is 0 Å². The molecule has 1 atom stereocenters. The number of aryl methyl sites for hydroxylation is 2. The van der Waals surface area contributed by atoms with Crippen molar-refractivity contribution in [3.8, 4) is 0 Å². The van der Waals surface area contributed by atoms with Gasteiger partial charge in [0.15, 0.2) is 0 Å². The Kier molecular flexibility index (Phi) is 4.51. The normalized spacial score (nSPS) is 13.1. The van der Waals surface area contributed by atoms with E-state index in [1.807, 2.05) is 13.8 Å². The summed E-state index contributed by atoms with van der Waals surface area (Å²) >= 11 is 1.66. The molecule has 1 unspecified atom stereocenters. The van der Waals surface area contributed by atoms with Crippen molar-refractivity contribution in [1.29, 1.82) is 0 Å². The summed E-state index contributed by atoms with van der Waals surface area (Å²) in [7, 11) is 0. The number of hydrogen-bond acceptors (Lipinski definition) is 4. The maximum Gasteiger partial charge on any atom is 0.0900 e. The first-order valence-electron chi connectivity index (χ1n) is 4.92. The Bertz CT molecular complexity index is 286. The summed E-state index contributed by atoms with van der Waals surface area (Å²) in [4.78, 5) is 5.49. The topological polar surface area (TPSA) is 48.1 Å². The monoisotopic (exact) mass is 214 g/mol. The summed E-state index contributed by atoms with van der Waals surface area (Å²) in [6.07, 6.45) is 1.04. The fourth-order valence-corrected chi connectivity index (χ4v) is 2.23. The molecular weight excluding hydrogens is 196 g/mol. The van der Waals surface area contributed by atoms with Crippen LogP contribution in [0.2, 0.25) is 0 Å². The maximum atomic E-state index is 6.00. The largest absolute Gasteiger partial charge is 0.379 e. The smallest absolute Gasteiger partial charge is 0.0900 e. The Hall–Kier alpha value is -0.450. The molecule has 0 saturated heterocycles. The quantitative estimate of drug-likeness (QED) is 0.764. The van der Waals surface area contributed by atoms with Crippen molar-refractivity contribution >= 4 is 11.3 Å². The van der Waals surface area contributed by atoms with Crippen LogP contribution in [0.4, 0.5) is 0 Å². The Balaban J connectivity index is 2.51. The third-order valence-corrected chi connectivity index (χ3v) is 3.13. The molecule has 1 aromatic rings. The van der Waals surface area contributed by atoms with Crippen molar-refractivity contribution in [3.63, 3.8) is 0 Å². The van der Waals surface area contributed by atoms with Crippen LogP contribution in [0.1, 0.15) is 35.0 Å². The molecule has 2 N–H and O–H groups in total. The van der Waals surface area contributed by atoms with Gasteiger partial charge in [-0.1, -0.05) is 6.92 Å². The first-order chi connectivity index (χ1) is 6.65. The van der Waals surface area contributed by atoms with E-state index < -0.39 is 0 Å². The molecule has 0 spiro atoms. The SMILES string of the molecule is CCCOCC(N)c1sc(C)nc1C. The minimum Gasteiger partial charge on any atom is -0.379 e. The number of aromatic nitrogens is 1. The lowest BCUT2D eigenvalue weighted by molar-refractivity contribution is 0.122. The highest BCUT2D eigenvalue weighted by atomic mass is 32.1. The Morgan fingerprint density at radius 1 is 1.50 bits per heavy atom. The van der Waals surface area contributed by atoms with Crippen LogP contribution in [0.15, 0.2) is 0 Å². The van der Waals surface area contributed by atoms with Crippen molar-refractivity contribution in [3.05, 3.63) is 15.6 Å². The van der Waals surface area contributed by atoms with Crippen molar-refractivity contribution in [1.82, 2.24) is 4.98 Å². The van der Waals surface area contributed by atoms with E-state index in [9.17, 15) is 0 Å². The molecule has 3 nitrogen and oxygen atoms in total. The predicted molar refractivity (Wildman–Crippen MR) is 59.6 cm³/mol. The van der Waals surface area contributed by atoms with Gasteiger partial charge in [-0.05, 0) is 20.3 Å². The molecule has 0 aromatic carbocycles. The summed E-state index contributed by atoms with van der Waals surface area (Å²) in [5, 5.41) is 1.07. The van der Waals surface area contributed by atoms with Gasteiger partial charge < -0.3 is 10.5 Å². The standard InChI is InChI=1S/C10H18N2OS/c1-4-5-13-6-9(11)10-7(2)12-8(3)14-10/h9H,4-6,11H2,1-3H3. The van der Waals surface area contributed by atoms with Gasteiger partial charge in [-0.2, -0.15) is 0 Å². The van der Waals surface area contributed by atoms with Crippen LogP contribution < -0.4 is 5.73 Å². The lowest BCUT2D eigenvalue weighted by atomic mass is 10.2. The highest BCUT2D eigenvalue weighted by Gasteiger charge is 2.13. The molecule has 1 rings (SSSR count). The number of thiazole rings is 1. The Morgan fingerprint density at radius 3 is 2.71 bits per heavy atom. The average Bonchev–Trinajstić information content (AvgIpc) is 2.45. The number of nitrogens with two attached hydrogens (primary N) is 1. The highest BCUT2D eigenvalue weighted by Crippen LogP contribution is 2.23. The molecule has 1 heterocycles. The Labute approximate surface area is 89.3 Å². The second-order valence-electron chi connectivity index (χ2n) is 3.36. The summed E-state index contributed by atoms with van der Waals surface area (Å²) in [5.74, 6) is 0. The van der Waals surface area contributed by atoms with E-state index in [1.165, 1.54) is 0 Å². The number of rotatable bonds is 5. The maximum absolute atomic E-state index is 6.00. The van der Waals surface area contributed by atoms with Crippen molar-refractivity contribution < 1.29 is 4.74 Å². The zero-order valence-corrected chi connectivity index (χ0v) is 9.86. The second kappa shape index (κ2) is 5.44. The van der Waals surface area contributed by atoms with Gasteiger partial charge in [0.2, 0.25) is 0 Å². The third kappa shape index (κ3) is 3.04. The molecule has 1 aromatic heterocycles. The van der Waals surface area contributed by atoms with E-state index in [2.05, 4.69) is 11.9 Å². The molecule has 4 heteroatoms. The first kappa shape index (κ1) is 11.6. The minimum atomic E-state index is -0.0206. The molecule has 0 radical (unpaired) electrons. The zero-order chi connectivity index (χ0) is 10.6. The lowest BCUT2D eigenvalue weighted by Gasteiger charge is -2.10. The van der Waals surface area contributed by atoms with Gasteiger partial charge >= 0.3 is 0 Å². The summed E-state index contributed by atoms with van der Waals surface area (Å²) in [6.45, 7) is 7.47. The molecule has 0 aliphatic rings. The van der Waals surface area contributed by atoms with Gasteiger partial charge in [0.05, 0.1) is 23.4 Å². The second-order valence-corrected chi connectivity index (χ2v) is 4.60. The van der Waals surface area contributed by atoms with Gasteiger partial charge in [-0.25, -0.2) is 4.98 Å². The van der Waals surface area contributed by atoms with Crippen LogP contribution in [0.25, 0.3) is 0 Å². The van der Waals surface area contributed by atoms with Crippen LogP contribution in [0.5, 0.6) is 0 Å². The summed E-state index contributed by atoms with van der Waals surface area (Å²) < 4.78 is 5.42. The van der Waals surface area contributed by atoms with Crippen LogP contribution in [-0.4, -0.2) is 18.2 Å². The third-order valence-electron chi connectivity index (χ3n) is 1.92. The van der Waals surface area contributed by atoms with E-state index in [1.54, 1.807) is 11.3 Å². The fraction of sp³-hybridized carbons (Fsp3) is 0.700. The average molecular weight is 214 g/mol. The Morgan fingerprint density at radius 2 is 2.21 bits per heavy atom. The number of nitrogens with zero attached hydrogens (tertiary/aromatic N) is 1.